The number of rotatable bonds is 3. The van der Waals surface area contributed by atoms with Crippen LogP contribution in [0.2, 0.25) is 0 Å². The van der Waals surface area contributed by atoms with E-state index in [0.717, 1.165) is 25.9 Å². The van der Waals surface area contributed by atoms with E-state index in [9.17, 15) is 9.59 Å². The van der Waals surface area contributed by atoms with Gasteiger partial charge < -0.3 is 16.0 Å². The van der Waals surface area contributed by atoms with Crippen LogP contribution in [0.15, 0.2) is 0 Å². The lowest BCUT2D eigenvalue weighted by Gasteiger charge is -2.30. The molecule has 1 heterocycles. The number of urea groups is 1. The average molecular weight is 265 g/mol. The number of nitrogens with two attached hydrogens (primary N) is 1. The fourth-order valence-electron chi connectivity index (χ4n) is 1.81. The van der Waals surface area contributed by atoms with Gasteiger partial charge in [0.2, 0.25) is 5.91 Å². The summed E-state index contributed by atoms with van der Waals surface area (Å²) in [6.45, 7) is 2.49. The number of hydrogen-bond acceptors (Lipinski definition) is 4. The Hall–Kier alpha value is -0.850. The maximum Gasteiger partial charge on any atom is 0.321 e. The Bertz CT molecular complexity index is 263. The van der Waals surface area contributed by atoms with Crippen LogP contribution in [0.5, 0.6) is 0 Å². The van der Waals surface area contributed by atoms with Gasteiger partial charge in [0.25, 0.3) is 0 Å². The van der Waals surface area contributed by atoms with Gasteiger partial charge in [0.15, 0.2) is 0 Å². The number of amides is 3. The van der Waals surface area contributed by atoms with E-state index in [-0.39, 0.29) is 24.4 Å². The van der Waals surface area contributed by atoms with E-state index in [0.29, 0.717) is 13.0 Å². The normalized spacial score (nSPS) is 20.2. The van der Waals surface area contributed by atoms with Gasteiger partial charge in [-0.3, -0.25) is 10.1 Å². The van der Waals surface area contributed by atoms with E-state index in [2.05, 4.69) is 15.5 Å². The minimum atomic E-state index is -0.458. The molecule has 1 fully saturated rings. The Labute approximate surface area is 108 Å². The van der Waals surface area contributed by atoms with Gasteiger partial charge in [-0.15, -0.1) is 12.4 Å². The molecule has 0 radical (unpaired) electrons. The fraction of sp³-hybridized carbons (Fsp3) is 0.800. The summed E-state index contributed by atoms with van der Waals surface area (Å²) in [6, 6.07) is -0.240. The van der Waals surface area contributed by atoms with Gasteiger partial charge in [-0.05, 0) is 19.4 Å². The van der Waals surface area contributed by atoms with Crippen molar-refractivity contribution in [3.05, 3.63) is 0 Å². The van der Waals surface area contributed by atoms with Crippen molar-refractivity contribution in [2.24, 2.45) is 5.73 Å². The third kappa shape index (κ3) is 6.45. The van der Waals surface area contributed by atoms with E-state index >= 15 is 0 Å². The topological polar surface area (TPSA) is 87.5 Å². The first-order valence-electron chi connectivity index (χ1n) is 5.61. The number of hydrogen-bond donors (Lipinski definition) is 3. The Kier molecular flexibility index (Phi) is 7.86. The number of halogens is 1. The molecule has 4 N–H and O–H groups in total. The predicted molar refractivity (Wildman–Crippen MR) is 68.1 cm³/mol. The molecular formula is C10H21ClN4O2. The molecule has 1 aliphatic rings. The first-order valence-corrected chi connectivity index (χ1v) is 5.61. The maximum absolute atomic E-state index is 11.3. The molecule has 0 aromatic carbocycles. The fourth-order valence-corrected chi connectivity index (χ4v) is 1.81. The summed E-state index contributed by atoms with van der Waals surface area (Å²) < 4.78 is 0. The molecule has 0 spiro atoms. The van der Waals surface area contributed by atoms with Crippen LogP contribution in [0.4, 0.5) is 4.79 Å². The summed E-state index contributed by atoms with van der Waals surface area (Å²) in [5, 5.41) is 4.57. The second-order valence-electron chi connectivity index (χ2n) is 4.08. The second-order valence-corrected chi connectivity index (χ2v) is 4.08. The minimum Gasteiger partial charge on any atom is -0.341 e. The highest BCUT2D eigenvalue weighted by Gasteiger charge is 2.17. The lowest BCUT2D eigenvalue weighted by molar-refractivity contribution is -0.120. The van der Waals surface area contributed by atoms with Crippen molar-refractivity contribution in [2.75, 3.05) is 26.7 Å². The monoisotopic (exact) mass is 264 g/mol. The van der Waals surface area contributed by atoms with E-state index in [1.165, 1.54) is 7.05 Å². The average Bonchev–Trinajstić information content (AvgIpc) is 2.26. The molecule has 1 saturated heterocycles. The van der Waals surface area contributed by atoms with E-state index in [4.69, 9.17) is 5.73 Å². The molecule has 1 unspecified atom stereocenters. The van der Waals surface area contributed by atoms with Crippen LogP contribution in [0.25, 0.3) is 0 Å². The third-order valence-corrected chi connectivity index (χ3v) is 2.68. The molecule has 0 saturated carbocycles. The van der Waals surface area contributed by atoms with E-state index in [1.807, 2.05) is 0 Å². The molecule has 6 nitrogen and oxygen atoms in total. The number of likely N-dealkylation sites (tertiary alicyclic amines) is 1. The van der Waals surface area contributed by atoms with Crippen molar-refractivity contribution in [1.29, 1.82) is 0 Å². The molecule has 3 amide bonds. The summed E-state index contributed by atoms with van der Waals surface area (Å²) in [7, 11) is 1.48. The molecule has 0 aliphatic carbocycles. The van der Waals surface area contributed by atoms with Gasteiger partial charge in [0, 0.05) is 32.6 Å². The van der Waals surface area contributed by atoms with Crippen LogP contribution < -0.4 is 16.4 Å². The molecular weight excluding hydrogens is 244 g/mol. The Morgan fingerprint density at radius 2 is 2.18 bits per heavy atom. The molecule has 7 heteroatoms. The first kappa shape index (κ1) is 16.1. The molecule has 0 aromatic rings. The summed E-state index contributed by atoms with van der Waals surface area (Å²) in [6.07, 6.45) is 2.47. The van der Waals surface area contributed by atoms with Gasteiger partial charge in [-0.25, -0.2) is 4.79 Å². The van der Waals surface area contributed by atoms with Crippen molar-refractivity contribution < 1.29 is 9.59 Å². The largest absolute Gasteiger partial charge is 0.341 e. The van der Waals surface area contributed by atoms with Gasteiger partial charge in [0.05, 0.1) is 0 Å². The summed E-state index contributed by atoms with van der Waals surface area (Å²) >= 11 is 0. The molecule has 0 aromatic heterocycles. The third-order valence-electron chi connectivity index (χ3n) is 2.68. The van der Waals surface area contributed by atoms with Crippen LogP contribution in [-0.2, 0) is 4.79 Å². The van der Waals surface area contributed by atoms with E-state index < -0.39 is 6.03 Å². The minimum absolute atomic E-state index is 0. The van der Waals surface area contributed by atoms with Gasteiger partial charge in [0.1, 0.15) is 0 Å². The summed E-state index contributed by atoms with van der Waals surface area (Å²) in [4.78, 5) is 24.3. The van der Waals surface area contributed by atoms with Crippen molar-refractivity contribution >= 4 is 24.3 Å². The van der Waals surface area contributed by atoms with Crippen molar-refractivity contribution in [3.63, 3.8) is 0 Å². The quantitative estimate of drug-likeness (QED) is 0.652. The highest BCUT2D eigenvalue weighted by molar-refractivity contribution is 5.94. The van der Waals surface area contributed by atoms with Crippen LogP contribution in [0, 0.1) is 0 Å². The second kappa shape index (κ2) is 8.27. The summed E-state index contributed by atoms with van der Waals surface area (Å²) in [5.74, 6) is -0.251. The number of nitrogens with zero attached hydrogens (tertiary/aromatic N) is 1. The number of piperidine rings is 1. The van der Waals surface area contributed by atoms with Crippen molar-refractivity contribution in [3.8, 4) is 0 Å². The zero-order valence-electron chi connectivity index (χ0n) is 10.1. The highest BCUT2D eigenvalue weighted by Crippen LogP contribution is 2.08. The lowest BCUT2D eigenvalue weighted by atomic mass is 10.1. The Morgan fingerprint density at radius 3 is 2.76 bits per heavy atom. The van der Waals surface area contributed by atoms with Crippen LogP contribution >= 0.6 is 12.4 Å². The van der Waals surface area contributed by atoms with Crippen LogP contribution in [0.1, 0.15) is 19.3 Å². The van der Waals surface area contributed by atoms with Crippen molar-refractivity contribution in [2.45, 2.75) is 25.3 Å². The molecule has 1 rings (SSSR count). The van der Waals surface area contributed by atoms with Gasteiger partial charge in [-0.1, -0.05) is 0 Å². The Morgan fingerprint density at radius 1 is 1.47 bits per heavy atom. The van der Waals surface area contributed by atoms with Crippen molar-refractivity contribution in [1.82, 2.24) is 15.5 Å². The number of nitrogens with one attached hydrogen (secondary N) is 2. The van der Waals surface area contributed by atoms with Gasteiger partial charge >= 0.3 is 6.03 Å². The first-order chi connectivity index (χ1) is 7.61. The lowest BCUT2D eigenvalue weighted by Crippen LogP contribution is -2.44. The predicted octanol–water partition coefficient (Wildman–Crippen LogP) is -0.323. The number of carbonyl (C=O) groups is 2. The molecule has 0 bridgehead atoms. The Balaban J connectivity index is 0.00000256. The van der Waals surface area contributed by atoms with Gasteiger partial charge in [-0.2, -0.15) is 0 Å². The molecule has 1 atom stereocenters. The zero-order chi connectivity index (χ0) is 12.0. The molecule has 1 aliphatic heterocycles. The maximum atomic E-state index is 11.3. The molecule has 17 heavy (non-hydrogen) atoms. The number of carbonyl (C=O) groups excluding carboxylic acids is 2. The number of imide groups is 1. The standard InChI is InChI=1S/C10H20N4O2.ClH/c1-12-10(16)13-9(15)4-6-14-5-2-3-8(11)7-14;/h8H,2-7,11H2,1H3,(H2,12,13,15,16);1H. The summed E-state index contributed by atoms with van der Waals surface area (Å²) in [5.41, 5.74) is 5.83. The SMILES string of the molecule is CNC(=O)NC(=O)CCN1CCCC(N)C1.Cl. The molecule has 100 valence electrons. The van der Waals surface area contributed by atoms with Crippen LogP contribution in [-0.4, -0.2) is 49.6 Å². The smallest absolute Gasteiger partial charge is 0.321 e. The van der Waals surface area contributed by atoms with E-state index in [1.54, 1.807) is 0 Å². The van der Waals surface area contributed by atoms with Crippen LogP contribution in [0.3, 0.4) is 0 Å². The highest BCUT2D eigenvalue weighted by atomic mass is 35.5. The zero-order valence-corrected chi connectivity index (χ0v) is 10.9.